The number of alkyl halides is 2. The van der Waals surface area contributed by atoms with E-state index in [-0.39, 0.29) is 12.1 Å². The Labute approximate surface area is 77.9 Å². The smallest absolute Gasteiger partial charge is 0.251 e. The SMILES string of the molecule is CCC1(C)COCCN1CC(F)F. The van der Waals surface area contributed by atoms with Crippen LogP contribution in [0.2, 0.25) is 0 Å². The molecule has 0 spiro atoms. The average molecular weight is 193 g/mol. The summed E-state index contributed by atoms with van der Waals surface area (Å²) in [5.74, 6) is 0. The first kappa shape index (κ1) is 10.9. The van der Waals surface area contributed by atoms with Crippen molar-refractivity contribution >= 4 is 0 Å². The van der Waals surface area contributed by atoms with Crippen LogP contribution in [0.25, 0.3) is 0 Å². The molecule has 0 aromatic rings. The van der Waals surface area contributed by atoms with Crippen LogP contribution >= 0.6 is 0 Å². The van der Waals surface area contributed by atoms with Crippen LogP contribution in [0.1, 0.15) is 20.3 Å². The van der Waals surface area contributed by atoms with Gasteiger partial charge in [-0.3, -0.25) is 4.90 Å². The summed E-state index contributed by atoms with van der Waals surface area (Å²) in [4.78, 5) is 1.83. The van der Waals surface area contributed by atoms with Crippen molar-refractivity contribution in [3.8, 4) is 0 Å². The molecule has 0 aromatic carbocycles. The molecule has 1 unspecified atom stereocenters. The molecule has 0 aliphatic carbocycles. The van der Waals surface area contributed by atoms with Crippen LogP contribution < -0.4 is 0 Å². The maximum Gasteiger partial charge on any atom is 0.251 e. The van der Waals surface area contributed by atoms with Gasteiger partial charge < -0.3 is 4.74 Å². The molecule has 0 N–H and O–H groups in total. The fourth-order valence-electron chi connectivity index (χ4n) is 1.63. The van der Waals surface area contributed by atoms with Crippen LogP contribution in [-0.2, 0) is 4.74 Å². The predicted molar refractivity (Wildman–Crippen MR) is 47.1 cm³/mol. The highest BCUT2D eigenvalue weighted by Crippen LogP contribution is 2.23. The summed E-state index contributed by atoms with van der Waals surface area (Å²) in [7, 11) is 0. The number of nitrogens with zero attached hydrogens (tertiary/aromatic N) is 1. The normalized spacial score (nSPS) is 31.2. The molecule has 1 rings (SSSR count). The summed E-state index contributed by atoms with van der Waals surface area (Å²) >= 11 is 0. The van der Waals surface area contributed by atoms with Gasteiger partial charge in [-0.15, -0.1) is 0 Å². The maximum atomic E-state index is 12.2. The second-order valence-electron chi connectivity index (χ2n) is 3.74. The van der Waals surface area contributed by atoms with Gasteiger partial charge in [-0.05, 0) is 13.3 Å². The van der Waals surface area contributed by atoms with E-state index < -0.39 is 6.43 Å². The quantitative estimate of drug-likeness (QED) is 0.677. The van der Waals surface area contributed by atoms with Crippen LogP contribution in [0.5, 0.6) is 0 Å². The van der Waals surface area contributed by atoms with E-state index in [2.05, 4.69) is 0 Å². The Kier molecular flexibility index (Phi) is 3.62. The van der Waals surface area contributed by atoms with Gasteiger partial charge in [-0.1, -0.05) is 6.92 Å². The highest BCUT2D eigenvalue weighted by molar-refractivity contribution is 4.87. The fraction of sp³-hybridized carbons (Fsp3) is 1.00. The molecule has 0 bridgehead atoms. The van der Waals surface area contributed by atoms with Crippen molar-refractivity contribution in [1.82, 2.24) is 4.90 Å². The van der Waals surface area contributed by atoms with E-state index in [1.807, 2.05) is 18.7 Å². The Morgan fingerprint density at radius 2 is 2.23 bits per heavy atom. The topological polar surface area (TPSA) is 12.5 Å². The van der Waals surface area contributed by atoms with E-state index in [1.54, 1.807) is 0 Å². The number of morpholine rings is 1. The third-order valence-corrected chi connectivity index (χ3v) is 2.80. The molecule has 0 amide bonds. The predicted octanol–water partition coefficient (Wildman–Crippen LogP) is 1.75. The Bertz CT molecular complexity index is 166. The molecule has 13 heavy (non-hydrogen) atoms. The Hall–Kier alpha value is -0.220. The molecule has 0 aromatic heterocycles. The zero-order chi connectivity index (χ0) is 9.90. The van der Waals surface area contributed by atoms with Gasteiger partial charge in [0.1, 0.15) is 0 Å². The van der Waals surface area contributed by atoms with Crippen LogP contribution in [0.3, 0.4) is 0 Å². The summed E-state index contributed by atoms with van der Waals surface area (Å²) < 4.78 is 29.7. The first-order valence-electron chi connectivity index (χ1n) is 4.69. The van der Waals surface area contributed by atoms with E-state index in [1.165, 1.54) is 0 Å². The molecular formula is C9H17F2NO. The first-order chi connectivity index (χ1) is 6.08. The monoisotopic (exact) mass is 193 g/mol. The molecule has 1 aliphatic rings. The zero-order valence-electron chi connectivity index (χ0n) is 8.22. The zero-order valence-corrected chi connectivity index (χ0v) is 8.22. The average Bonchev–Trinajstić information content (AvgIpc) is 2.09. The summed E-state index contributed by atoms with van der Waals surface area (Å²) in [6.45, 7) is 5.61. The van der Waals surface area contributed by atoms with Gasteiger partial charge in [-0.2, -0.15) is 0 Å². The van der Waals surface area contributed by atoms with Gasteiger partial charge in [0, 0.05) is 12.1 Å². The molecule has 1 saturated heterocycles. The van der Waals surface area contributed by atoms with Crippen molar-refractivity contribution in [2.24, 2.45) is 0 Å². The molecule has 0 radical (unpaired) electrons. The lowest BCUT2D eigenvalue weighted by Gasteiger charge is -2.44. The molecule has 78 valence electrons. The van der Waals surface area contributed by atoms with Crippen molar-refractivity contribution in [3.05, 3.63) is 0 Å². The van der Waals surface area contributed by atoms with E-state index in [9.17, 15) is 8.78 Å². The molecule has 0 saturated carbocycles. The number of ether oxygens (including phenoxy) is 1. The highest BCUT2D eigenvalue weighted by atomic mass is 19.3. The van der Waals surface area contributed by atoms with Crippen molar-refractivity contribution in [2.45, 2.75) is 32.2 Å². The molecule has 1 aliphatic heterocycles. The van der Waals surface area contributed by atoms with Crippen molar-refractivity contribution in [1.29, 1.82) is 0 Å². The van der Waals surface area contributed by atoms with Gasteiger partial charge in [-0.25, -0.2) is 8.78 Å². The summed E-state index contributed by atoms with van der Waals surface area (Å²) in [6.07, 6.45) is -1.40. The molecule has 2 nitrogen and oxygen atoms in total. The summed E-state index contributed by atoms with van der Waals surface area (Å²) in [5, 5.41) is 0. The molecule has 1 atom stereocenters. The van der Waals surface area contributed by atoms with E-state index in [0.29, 0.717) is 19.8 Å². The minimum atomic E-state index is -2.25. The molecule has 4 heteroatoms. The Balaban J connectivity index is 2.56. The summed E-state index contributed by atoms with van der Waals surface area (Å²) in [5.41, 5.74) is -0.200. The third kappa shape index (κ3) is 2.61. The number of halogens is 2. The lowest BCUT2D eigenvalue weighted by Crippen LogP contribution is -2.55. The van der Waals surface area contributed by atoms with Gasteiger partial charge in [0.05, 0.1) is 19.8 Å². The minimum absolute atomic E-state index is 0.131. The number of hydrogen-bond donors (Lipinski definition) is 0. The highest BCUT2D eigenvalue weighted by Gasteiger charge is 2.34. The first-order valence-corrected chi connectivity index (χ1v) is 4.69. The van der Waals surface area contributed by atoms with Crippen molar-refractivity contribution < 1.29 is 13.5 Å². The third-order valence-electron chi connectivity index (χ3n) is 2.80. The standard InChI is InChI=1S/C9H17F2NO/c1-3-9(2)7-13-5-4-12(9)6-8(10)11/h8H,3-7H2,1-2H3. The van der Waals surface area contributed by atoms with Crippen LogP contribution in [0.15, 0.2) is 0 Å². The molecular weight excluding hydrogens is 176 g/mol. The van der Waals surface area contributed by atoms with E-state index in [0.717, 1.165) is 6.42 Å². The Morgan fingerprint density at radius 1 is 1.54 bits per heavy atom. The minimum Gasteiger partial charge on any atom is -0.378 e. The van der Waals surface area contributed by atoms with Gasteiger partial charge in [0.25, 0.3) is 6.43 Å². The van der Waals surface area contributed by atoms with Crippen molar-refractivity contribution in [2.75, 3.05) is 26.3 Å². The van der Waals surface area contributed by atoms with Gasteiger partial charge >= 0.3 is 0 Å². The van der Waals surface area contributed by atoms with Crippen LogP contribution in [-0.4, -0.2) is 43.2 Å². The lowest BCUT2D eigenvalue weighted by atomic mass is 9.96. The van der Waals surface area contributed by atoms with Gasteiger partial charge in [0.15, 0.2) is 0 Å². The van der Waals surface area contributed by atoms with E-state index in [4.69, 9.17) is 4.74 Å². The fourth-order valence-corrected chi connectivity index (χ4v) is 1.63. The Morgan fingerprint density at radius 3 is 2.77 bits per heavy atom. The molecule has 1 heterocycles. The molecule has 1 fully saturated rings. The number of hydrogen-bond acceptors (Lipinski definition) is 2. The number of rotatable bonds is 3. The van der Waals surface area contributed by atoms with Crippen molar-refractivity contribution in [3.63, 3.8) is 0 Å². The maximum absolute atomic E-state index is 12.2. The van der Waals surface area contributed by atoms with Gasteiger partial charge in [0.2, 0.25) is 0 Å². The lowest BCUT2D eigenvalue weighted by molar-refractivity contribution is -0.0807. The second kappa shape index (κ2) is 4.33. The summed E-state index contributed by atoms with van der Waals surface area (Å²) in [6, 6.07) is 0. The van der Waals surface area contributed by atoms with E-state index >= 15 is 0 Å². The van der Waals surface area contributed by atoms with Crippen LogP contribution in [0.4, 0.5) is 8.78 Å². The second-order valence-corrected chi connectivity index (χ2v) is 3.74. The largest absolute Gasteiger partial charge is 0.378 e. The van der Waals surface area contributed by atoms with Crippen LogP contribution in [0, 0.1) is 0 Å².